The normalized spacial score (nSPS) is 37.0. The number of piperidine rings is 1. The largest absolute Gasteiger partial charge is 0.340 e. The molecule has 4 aliphatic rings. The summed E-state index contributed by atoms with van der Waals surface area (Å²) >= 11 is 0. The van der Waals surface area contributed by atoms with Crippen molar-refractivity contribution in [3.05, 3.63) is 0 Å². The van der Waals surface area contributed by atoms with Gasteiger partial charge in [-0.15, -0.1) is 0 Å². The molecule has 1 amide bonds. The molecule has 0 aromatic heterocycles. The Morgan fingerprint density at radius 2 is 1.57 bits per heavy atom. The molecule has 21 heavy (non-hydrogen) atoms. The van der Waals surface area contributed by atoms with Crippen LogP contribution in [0, 0.1) is 11.8 Å². The SMILES string of the molecule is O=C(CC1CC2CCC(C1)N2)N1CCN(CC2CC2)CC1. The molecule has 3 saturated heterocycles. The van der Waals surface area contributed by atoms with Crippen LogP contribution >= 0.6 is 0 Å². The number of hydrogen-bond donors (Lipinski definition) is 1. The van der Waals surface area contributed by atoms with E-state index < -0.39 is 0 Å². The van der Waals surface area contributed by atoms with Crippen molar-refractivity contribution in [2.45, 2.75) is 57.0 Å². The van der Waals surface area contributed by atoms with Gasteiger partial charge in [-0.3, -0.25) is 9.69 Å². The van der Waals surface area contributed by atoms with Crippen molar-refractivity contribution in [2.24, 2.45) is 11.8 Å². The summed E-state index contributed by atoms with van der Waals surface area (Å²) < 4.78 is 0. The number of nitrogens with zero attached hydrogens (tertiary/aromatic N) is 2. The molecule has 0 aromatic carbocycles. The number of fused-ring (bicyclic) bond motifs is 2. The summed E-state index contributed by atoms with van der Waals surface area (Å²) in [6.45, 7) is 5.39. The number of amides is 1. The van der Waals surface area contributed by atoms with Crippen LogP contribution in [0.15, 0.2) is 0 Å². The highest BCUT2D eigenvalue weighted by Crippen LogP contribution is 2.33. The average Bonchev–Trinajstić information content (AvgIpc) is 3.23. The topological polar surface area (TPSA) is 35.6 Å². The van der Waals surface area contributed by atoms with Crippen LogP contribution in [0.25, 0.3) is 0 Å². The highest BCUT2D eigenvalue weighted by atomic mass is 16.2. The molecule has 4 fully saturated rings. The smallest absolute Gasteiger partial charge is 0.222 e. The molecular formula is C17H29N3O. The van der Waals surface area contributed by atoms with Crippen molar-refractivity contribution in [1.82, 2.24) is 15.1 Å². The van der Waals surface area contributed by atoms with Gasteiger partial charge in [0.25, 0.3) is 0 Å². The molecule has 2 bridgehead atoms. The lowest BCUT2D eigenvalue weighted by atomic mass is 9.89. The Morgan fingerprint density at radius 1 is 0.905 bits per heavy atom. The van der Waals surface area contributed by atoms with Gasteiger partial charge in [0, 0.05) is 51.2 Å². The Morgan fingerprint density at radius 3 is 2.19 bits per heavy atom. The molecule has 0 spiro atoms. The third-order valence-corrected chi connectivity index (χ3v) is 5.97. The average molecular weight is 291 g/mol. The van der Waals surface area contributed by atoms with Gasteiger partial charge in [0.15, 0.2) is 0 Å². The summed E-state index contributed by atoms with van der Waals surface area (Å²) in [5, 5.41) is 3.67. The van der Waals surface area contributed by atoms with Crippen molar-refractivity contribution in [1.29, 1.82) is 0 Å². The Labute approximate surface area is 128 Å². The van der Waals surface area contributed by atoms with Gasteiger partial charge in [0.1, 0.15) is 0 Å². The van der Waals surface area contributed by atoms with E-state index in [4.69, 9.17) is 0 Å². The van der Waals surface area contributed by atoms with Gasteiger partial charge < -0.3 is 10.2 Å². The minimum absolute atomic E-state index is 0.423. The van der Waals surface area contributed by atoms with Crippen LogP contribution in [-0.4, -0.2) is 60.5 Å². The Balaban J connectivity index is 1.22. The number of carbonyl (C=O) groups is 1. The lowest BCUT2D eigenvalue weighted by Gasteiger charge is -2.36. The summed E-state index contributed by atoms with van der Waals surface area (Å²) in [5.74, 6) is 2.03. The fourth-order valence-corrected chi connectivity index (χ4v) is 4.56. The predicted molar refractivity (Wildman–Crippen MR) is 83.0 cm³/mol. The second-order valence-corrected chi connectivity index (χ2v) is 7.80. The van der Waals surface area contributed by atoms with Gasteiger partial charge in [-0.1, -0.05) is 0 Å². The van der Waals surface area contributed by atoms with Crippen LogP contribution in [0.5, 0.6) is 0 Å². The highest BCUT2D eigenvalue weighted by Gasteiger charge is 2.35. The van der Waals surface area contributed by atoms with E-state index in [2.05, 4.69) is 15.1 Å². The first-order valence-corrected chi connectivity index (χ1v) is 9.02. The predicted octanol–water partition coefficient (Wildman–Crippen LogP) is 1.46. The molecule has 2 atom stereocenters. The van der Waals surface area contributed by atoms with Crippen molar-refractivity contribution in [2.75, 3.05) is 32.7 Å². The van der Waals surface area contributed by atoms with Crippen LogP contribution in [0.4, 0.5) is 0 Å². The van der Waals surface area contributed by atoms with Crippen molar-refractivity contribution >= 4 is 5.91 Å². The minimum Gasteiger partial charge on any atom is -0.340 e. The lowest BCUT2D eigenvalue weighted by Crippen LogP contribution is -2.50. The number of nitrogens with one attached hydrogen (secondary N) is 1. The molecule has 1 aliphatic carbocycles. The number of carbonyl (C=O) groups excluding carboxylic acids is 1. The van der Waals surface area contributed by atoms with E-state index in [0.717, 1.165) is 38.5 Å². The van der Waals surface area contributed by atoms with E-state index >= 15 is 0 Å². The maximum absolute atomic E-state index is 12.5. The molecule has 2 unspecified atom stereocenters. The van der Waals surface area contributed by atoms with E-state index in [1.165, 1.54) is 45.1 Å². The first kappa shape index (κ1) is 14.0. The van der Waals surface area contributed by atoms with E-state index in [0.29, 0.717) is 23.9 Å². The molecule has 3 aliphatic heterocycles. The van der Waals surface area contributed by atoms with Crippen molar-refractivity contribution in [3.63, 3.8) is 0 Å². The molecule has 1 saturated carbocycles. The second-order valence-electron chi connectivity index (χ2n) is 7.80. The monoisotopic (exact) mass is 291 g/mol. The Hall–Kier alpha value is -0.610. The minimum atomic E-state index is 0.423. The standard InChI is InChI=1S/C17H29N3O/c21-17(11-14-9-15-3-4-16(10-14)18-15)20-7-5-19(6-8-20)12-13-1-2-13/h13-16,18H,1-12H2. The van der Waals surface area contributed by atoms with E-state index in [9.17, 15) is 4.79 Å². The van der Waals surface area contributed by atoms with Gasteiger partial charge in [0.2, 0.25) is 5.91 Å². The fourth-order valence-electron chi connectivity index (χ4n) is 4.56. The number of hydrogen-bond acceptors (Lipinski definition) is 3. The zero-order valence-corrected chi connectivity index (χ0v) is 13.1. The second kappa shape index (κ2) is 5.88. The first-order valence-electron chi connectivity index (χ1n) is 9.02. The van der Waals surface area contributed by atoms with Crippen LogP contribution in [0.1, 0.15) is 44.9 Å². The van der Waals surface area contributed by atoms with Gasteiger partial charge in [-0.05, 0) is 50.4 Å². The van der Waals surface area contributed by atoms with Gasteiger partial charge >= 0.3 is 0 Å². The summed E-state index contributed by atoms with van der Waals surface area (Å²) in [4.78, 5) is 17.2. The summed E-state index contributed by atoms with van der Waals surface area (Å²) in [7, 11) is 0. The quantitative estimate of drug-likeness (QED) is 0.852. The molecule has 1 N–H and O–H groups in total. The van der Waals surface area contributed by atoms with Crippen LogP contribution in [0.3, 0.4) is 0 Å². The van der Waals surface area contributed by atoms with Crippen LogP contribution < -0.4 is 5.32 Å². The molecule has 0 aromatic rings. The van der Waals surface area contributed by atoms with Gasteiger partial charge in [0.05, 0.1) is 0 Å². The van der Waals surface area contributed by atoms with Crippen molar-refractivity contribution in [3.8, 4) is 0 Å². The maximum atomic E-state index is 12.5. The molecule has 118 valence electrons. The summed E-state index contributed by atoms with van der Waals surface area (Å²) in [6, 6.07) is 1.41. The highest BCUT2D eigenvalue weighted by molar-refractivity contribution is 5.76. The zero-order valence-electron chi connectivity index (χ0n) is 13.1. The van der Waals surface area contributed by atoms with Gasteiger partial charge in [-0.25, -0.2) is 0 Å². The van der Waals surface area contributed by atoms with Gasteiger partial charge in [-0.2, -0.15) is 0 Å². The number of rotatable bonds is 4. The van der Waals surface area contributed by atoms with Crippen LogP contribution in [0.2, 0.25) is 0 Å². The Bertz CT molecular complexity index is 375. The maximum Gasteiger partial charge on any atom is 0.222 e. The third-order valence-electron chi connectivity index (χ3n) is 5.97. The molecule has 3 heterocycles. The molecule has 0 radical (unpaired) electrons. The zero-order chi connectivity index (χ0) is 14.2. The van der Waals surface area contributed by atoms with Crippen LogP contribution in [-0.2, 0) is 4.79 Å². The molecule has 4 nitrogen and oxygen atoms in total. The summed E-state index contributed by atoms with van der Waals surface area (Å²) in [6.07, 6.45) is 8.77. The van der Waals surface area contributed by atoms with Crippen molar-refractivity contribution < 1.29 is 4.79 Å². The molecular weight excluding hydrogens is 262 g/mol. The Kier molecular flexibility index (Phi) is 3.92. The third kappa shape index (κ3) is 3.42. The molecule has 4 heteroatoms. The van der Waals surface area contributed by atoms with E-state index in [-0.39, 0.29) is 0 Å². The number of piperazine rings is 1. The molecule has 4 rings (SSSR count). The van der Waals surface area contributed by atoms with E-state index in [1.807, 2.05) is 0 Å². The summed E-state index contributed by atoms with van der Waals surface area (Å²) in [5.41, 5.74) is 0. The lowest BCUT2D eigenvalue weighted by molar-refractivity contribution is -0.134. The van der Waals surface area contributed by atoms with E-state index in [1.54, 1.807) is 0 Å². The first-order chi connectivity index (χ1) is 10.3. The fraction of sp³-hybridized carbons (Fsp3) is 0.941.